The van der Waals surface area contributed by atoms with E-state index >= 15 is 0 Å². The Bertz CT molecular complexity index is 3200. The molecular weight excluding hydrogens is 721 g/mol. The molecule has 5 heterocycles. The zero-order valence-corrected chi connectivity index (χ0v) is 30.8. The number of anilines is 3. The predicted octanol–water partition coefficient (Wildman–Crippen LogP) is 11.7. The molecule has 264 valence electrons. The highest BCUT2D eigenvalue weighted by atomic mass is 32.2. The summed E-state index contributed by atoms with van der Waals surface area (Å²) in [5.74, 6) is 1.53. The van der Waals surface area contributed by atoms with Gasteiger partial charge in [0.1, 0.15) is 11.5 Å². The van der Waals surface area contributed by atoms with E-state index in [9.17, 15) is 10.5 Å². The van der Waals surface area contributed by atoms with Crippen molar-refractivity contribution in [3.8, 4) is 40.7 Å². The minimum absolute atomic E-state index is 0.557. The van der Waals surface area contributed by atoms with Gasteiger partial charge in [-0.25, -0.2) is 0 Å². The zero-order chi connectivity index (χ0) is 37.8. The lowest BCUT2D eigenvalue weighted by atomic mass is 9.66. The lowest BCUT2D eigenvalue weighted by molar-refractivity contribution is 0.436. The number of hydrogen-bond acceptors (Lipinski definition) is 7. The van der Waals surface area contributed by atoms with Crippen LogP contribution in [-0.2, 0) is 5.41 Å². The molecule has 3 aliphatic rings. The lowest BCUT2D eigenvalue weighted by Crippen LogP contribution is -2.32. The van der Waals surface area contributed by atoms with Crippen molar-refractivity contribution in [3.05, 3.63) is 191 Å². The Hall–Kier alpha value is -7.65. The number of benzene rings is 6. The second kappa shape index (κ2) is 11.7. The van der Waals surface area contributed by atoms with Crippen molar-refractivity contribution in [2.75, 3.05) is 4.90 Å². The molecule has 8 heteroatoms. The van der Waals surface area contributed by atoms with E-state index in [4.69, 9.17) is 14.7 Å². The van der Waals surface area contributed by atoms with Crippen LogP contribution in [0.1, 0.15) is 33.4 Å². The fourth-order valence-electron chi connectivity index (χ4n) is 9.27. The molecule has 0 bridgehead atoms. The van der Waals surface area contributed by atoms with E-state index in [1.165, 1.54) is 9.79 Å². The number of hydrogen-bond donors (Lipinski definition) is 0. The molecule has 0 amide bonds. The third-order valence-corrected chi connectivity index (χ3v) is 12.7. The number of aromatic nitrogens is 3. The number of para-hydroxylation sites is 3. The topological polar surface area (TPSA) is 90.8 Å². The van der Waals surface area contributed by atoms with Gasteiger partial charge in [0.25, 0.3) is 0 Å². The molecule has 0 fully saturated rings. The fourth-order valence-corrected chi connectivity index (χ4v) is 10.3. The monoisotopic (exact) mass is 746 g/mol. The Morgan fingerprint density at radius 2 is 1.18 bits per heavy atom. The number of nitriles is 2. The van der Waals surface area contributed by atoms with E-state index in [1.54, 1.807) is 11.8 Å². The van der Waals surface area contributed by atoms with E-state index < -0.39 is 5.41 Å². The number of nitrogens with zero attached hydrogens (tertiary/aromatic N) is 6. The van der Waals surface area contributed by atoms with Crippen LogP contribution >= 0.6 is 11.8 Å². The summed E-state index contributed by atoms with van der Waals surface area (Å²) < 4.78 is 9.12. The van der Waals surface area contributed by atoms with Crippen LogP contribution in [0.2, 0.25) is 0 Å². The molecule has 1 aliphatic carbocycles. The van der Waals surface area contributed by atoms with Crippen LogP contribution in [0.5, 0.6) is 11.5 Å². The van der Waals surface area contributed by atoms with Crippen molar-refractivity contribution in [2.45, 2.75) is 15.2 Å². The summed E-state index contributed by atoms with van der Waals surface area (Å²) in [5, 5.41) is 21.4. The average Bonchev–Trinajstić information content (AvgIpc) is 3.74. The van der Waals surface area contributed by atoms with Gasteiger partial charge in [-0.3, -0.25) is 9.97 Å². The Labute approximate surface area is 331 Å². The first-order valence-corrected chi connectivity index (χ1v) is 19.4. The predicted molar refractivity (Wildman–Crippen MR) is 222 cm³/mol. The number of rotatable bonds is 2. The molecule has 2 aliphatic heterocycles. The first-order chi connectivity index (χ1) is 28.1. The first-order valence-electron chi connectivity index (χ1n) is 18.6. The van der Waals surface area contributed by atoms with Crippen molar-refractivity contribution in [1.29, 1.82) is 10.5 Å². The molecule has 0 radical (unpaired) electrons. The SMILES string of the molecule is N#Cc1ccc2c(c1)c1cc(C#N)ccc1n2-c1cnc2c(c1)C1(c3ccccc3Oc3cc(N4c5ccccc5Sc5ccccc54)ccc31)c1cccnc1-2. The first kappa shape index (κ1) is 31.7. The summed E-state index contributed by atoms with van der Waals surface area (Å²) in [4.78, 5) is 14.9. The largest absolute Gasteiger partial charge is 0.457 e. The normalized spacial score (nSPS) is 15.4. The summed E-state index contributed by atoms with van der Waals surface area (Å²) in [6.07, 6.45) is 3.74. The smallest absolute Gasteiger partial charge is 0.134 e. The van der Waals surface area contributed by atoms with E-state index in [0.29, 0.717) is 11.1 Å². The maximum Gasteiger partial charge on any atom is 0.134 e. The van der Waals surface area contributed by atoms with Gasteiger partial charge in [-0.15, -0.1) is 0 Å². The van der Waals surface area contributed by atoms with Crippen molar-refractivity contribution >= 4 is 50.6 Å². The number of fused-ring (bicyclic) bond motifs is 14. The molecule has 0 saturated carbocycles. The molecule has 57 heavy (non-hydrogen) atoms. The Kier molecular flexibility index (Phi) is 6.49. The summed E-state index contributed by atoms with van der Waals surface area (Å²) in [6, 6.07) is 54.4. The van der Waals surface area contributed by atoms with Crippen molar-refractivity contribution in [1.82, 2.24) is 14.5 Å². The lowest BCUT2D eigenvalue weighted by Gasteiger charge is -2.40. The van der Waals surface area contributed by atoms with Crippen molar-refractivity contribution in [3.63, 3.8) is 0 Å². The third-order valence-electron chi connectivity index (χ3n) is 11.6. The molecule has 0 N–H and O–H groups in total. The maximum atomic E-state index is 9.83. The van der Waals surface area contributed by atoms with Crippen LogP contribution in [-0.4, -0.2) is 14.5 Å². The van der Waals surface area contributed by atoms with Crippen LogP contribution in [0.3, 0.4) is 0 Å². The van der Waals surface area contributed by atoms with Gasteiger partial charge < -0.3 is 14.2 Å². The van der Waals surface area contributed by atoms with Gasteiger partial charge in [0.05, 0.1) is 74.4 Å². The minimum atomic E-state index is -0.807. The number of ether oxygens (including phenoxy) is 1. The summed E-state index contributed by atoms with van der Waals surface area (Å²) in [5.41, 5.74) is 12.0. The molecule has 7 nitrogen and oxygen atoms in total. The van der Waals surface area contributed by atoms with Crippen molar-refractivity contribution in [2.24, 2.45) is 0 Å². The van der Waals surface area contributed by atoms with Crippen molar-refractivity contribution < 1.29 is 4.74 Å². The molecule has 1 spiro atoms. The second-order valence-electron chi connectivity index (χ2n) is 14.4. The Balaban J connectivity index is 1.13. The summed E-state index contributed by atoms with van der Waals surface area (Å²) in [7, 11) is 0. The Morgan fingerprint density at radius 1 is 0.544 bits per heavy atom. The summed E-state index contributed by atoms with van der Waals surface area (Å²) in [6.45, 7) is 0. The Morgan fingerprint density at radius 3 is 1.89 bits per heavy atom. The van der Waals surface area contributed by atoms with E-state index in [-0.39, 0.29) is 0 Å². The van der Waals surface area contributed by atoms with Gasteiger partial charge in [-0.05, 0) is 90.5 Å². The van der Waals surface area contributed by atoms with E-state index in [0.717, 1.165) is 89.7 Å². The van der Waals surface area contributed by atoms with Crippen LogP contribution in [0.15, 0.2) is 168 Å². The van der Waals surface area contributed by atoms with Gasteiger partial charge in [-0.2, -0.15) is 10.5 Å². The molecule has 0 saturated heterocycles. The summed E-state index contributed by atoms with van der Waals surface area (Å²) >= 11 is 1.79. The molecule has 3 aromatic heterocycles. The molecule has 12 rings (SSSR count). The van der Waals surface area contributed by atoms with E-state index in [1.807, 2.05) is 67.0 Å². The second-order valence-corrected chi connectivity index (χ2v) is 15.5. The molecule has 9 aromatic rings. The van der Waals surface area contributed by atoms with Gasteiger partial charge in [0.15, 0.2) is 0 Å². The maximum absolute atomic E-state index is 9.83. The molecule has 1 unspecified atom stereocenters. The third kappa shape index (κ3) is 4.25. The minimum Gasteiger partial charge on any atom is -0.457 e. The molecule has 6 aromatic carbocycles. The van der Waals surface area contributed by atoms with Crippen LogP contribution in [0.25, 0.3) is 38.9 Å². The van der Waals surface area contributed by atoms with Gasteiger partial charge in [0.2, 0.25) is 0 Å². The fraction of sp³-hybridized carbons (Fsp3) is 0.0204. The van der Waals surface area contributed by atoms with Crippen LogP contribution in [0.4, 0.5) is 17.1 Å². The van der Waals surface area contributed by atoms with Crippen LogP contribution < -0.4 is 9.64 Å². The van der Waals surface area contributed by atoms with Gasteiger partial charge in [0, 0.05) is 55.2 Å². The standard InChI is InChI=1S/C49H26N6OS/c50-26-29-15-19-39-33(22-29)34-23-30(27-51)16-20-40(34)55(39)32-24-38-48(53-28-32)47-37(9-7-21-52-47)49(38)35-8-1-4-12-43(35)56-44-25-31(17-18-36(44)49)54-41-10-2-5-13-45(41)57-46-14-6-3-11-42(46)54/h1-25,28H. The molecule has 1 atom stereocenters. The van der Waals surface area contributed by atoms with Crippen LogP contribution in [0, 0.1) is 22.7 Å². The zero-order valence-electron chi connectivity index (χ0n) is 30.0. The average molecular weight is 747 g/mol. The molecular formula is C49H26N6OS. The quantitative estimate of drug-likeness (QED) is 0.174. The highest BCUT2D eigenvalue weighted by Crippen LogP contribution is 2.62. The van der Waals surface area contributed by atoms with Gasteiger partial charge >= 0.3 is 0 Å². The highest BCUT2D eigenvalue weighted by molar-refractivity contribution is 7.99. The highest BCUT2D eigenvalue weighted by Gasteiger charge is 2.52. The van der Waals surface area contributed by atoms with Gasteiger partial charge in [-0.1, -0.05) is 66.4 Å². The number of pyridine rings is 2. The van der Waals surface area contributed by atoms with E-state index in [2.05, 4.69) is 113 Å².